The fourth-order valence-electron chi connectivity index (χ4n) is 2.57. The first-order valence-corrected chi connectivity index (χ1v) is 9.93. The minimum atomic E-state index is -0.675. The Morgan fingerprint density at radius 1 is 1.03 bits per heavy atom. The van der Waals surface area contributed by atoms with Crippen molar-refractivity contribution in [3.63, 3.8) is 0 Å². The molecule has 8 nitrogen and oxygen atoms in total. The van der Waals surface area contributed by atoms with Crippen molar-refractivity contribution in [2.24, 2.45) is 0 Å². The van der Waals surface area contributed by atoms with E-state index in [0.717, 1.165) is 0 Å². The third-order valence-electron chi connectivity index (χ3n) is 3.94. The average Bonchev–Trinajstić information content (AvgIpc) is 2.70. The van der Waals surface area contributed by atoms with E-state index in [-0.39, 0.29) is 18.7 Å². The Morgan fingerprint density at radius 3 is 2.42 bits per heavy atom. The Labute approximate surface area is 186 Å². The summed E-state index contributed by atoms with van der Waals surface area (Å²) in [4.78, 5) is 36.4. The van der Waals surface area contributed by atoms with Crippen molar-refractivity contribution in [1.82, 2.24) is 10.6 Å². The van der Waals surface area contributed by atoms with Gasteiger partial charge in [-0.05, 0) is 50.6 Å². The molecule has 2 aromatic rings. The second-order valence-corrected chi connectivity index (χ2v) is 8.02. The maximum absolute atomic E-state index is 12.7. The SMILES string of the molecule is COc1ccc(Cl)cc1C(=O)Nc1ccccc1CNC(=O)CNC(=O)OC(C)(C)C. The second-order valence-electron chi connectivity index (χ2n) is 7.59. The van der Waals surface area contributed by atoms with Crippen LogP contribution in [0.2, 0.25) is 5.02 Å². The summed E-state index contributed by atoms with van der Waals surface area (Å²) >= 11 is 6.00. The Morgan fingerprint density at radius 2 is 1.74 bits per heavy atom. The normalized spacial score (nSPS) is 10.7. The number of para-hydroxylation sites is 1. The summed E-state index contributed by atoms with van der Waals surface area (Å²) in [6, 6.07) is 11.8. The van der Waals surface area contributed by atoms with Crippen LogP contribution in [0.25, 0.3) is 0 Å². The van der Waals surface area contributed by atoms with Crippen LogP contribution in [0, 0.1) is 0 Å². The van der Waals surface area contributed by atoms with Crippen molar-refractivity contribution >= 4 is 35.2 Å². The lowest BCUT2D eigenvalue weighted by atomic mass is 10.1. The third-order valence-corrected chi connectivity index (χ3v) is 4.17. The maximum atomic E-state index is 12.7. The number of anilines is 1. The van der Waals surface area contributed by atoms with Crippen molar-refractivity contribution in [1.29, 1.82) is 0 Å². The molecule has 3 amide bonds. The molecule has 0 saturated carbocycles. The summed E-state index contributed by atoms with van der Waals surface area (Å²) in [5.74, 6) is -0.408. The second kappa shape index (κ2) is 10.7. The lowest BCUT2D eigenvalue weighted by Gasteiger charge is -2.19. The minimum Gasteiger partial charge on any atom is -0.496 e. The molecule has 0 heterocycles. The number of nitrogens with one attached hydrogen (secondary N) is 3. The number of halogens is 1. The van der Waals surface area contributed by atoms with E-state index in [9.17, 15) is 14.4 Å². The van der Waals surface area contributed by atoms with E-state index in [1.807, 2.05) is 0 Å². The highest BCUT2D eigenvalue weighted by atomic mass is 35.5. The number of hydrogen-bond acceptors (Lipinski definition) is 5. The van der Waals surface area contributed by atoms with Crippen LogP contribution in [-0.4, -0.2) is 37.2 Å². The molecule has 0 aliphatic heterocycles. The zero-order valence-electron chi connectivity index (χ0n) is 17.9. The van der Waals surface area contributed by atoms with Gasteiger partial charge in [-0.1, -0.05) is 29.8 Å². The van der Waals surface area contributed by atoms with E-state index in [0.29, 0.717) is 22.0 Å². The molecule has 0 radical (unpaired) electrons. The predicted octanol–water partition coefficient (Wildman–Crippen LogP) is 3.74. The van der Waals surface area contributed by atoms with E-state index in [1.165, 1.54) is 13.2 Å². The van der Waals surface area contributed by atoms with Gasteiger partial charge in [-0.3, -0.25) is 9.59 Å². The van der Waals surface area contributed by atoms with Crippen molar-refractivity contribution in [2.75, 3.05) is 19.0 Å². The molecule has 9 heteroatoms. The Hall–Kier alpha value is -3.26. The van der Waals surface area contributed by atoms with Gasteiger partial charge in [0.2, 0.25) is 5.91 Å². The Bertz CT molecular complexity index is 956. The van der Waals surface area contributed by atoms with Crippen LogP contribution in [0.5, 0.6) is 5.75 Å². The number of alkyl carbamates (subject to hydrolysis) is 1. The van der Waals surface area contributed by atoms with Gasteiger partial charge in [0, 0.05) is 17.3 Å². The molecule has 0 unspecified atom stereocenters. The van der Waals surface area contributed by atoms with Crippen LogP contribution in [0.15, 0.2) is 42.5 Å². The fraction of sp³-hybridized carbons (Fsp3) is 0.318. The number of hydrogen-bond donors (Lipinski definition) is 3. The third kappa shape index (κ3) is 7.82. The largest absolute Gasteiger partial charge is 0.496 e. The summed E-state index contributed by atoms with van der Waals surface area (Å²) in [6.07, 6.45) is -0.675. The van der Waals surface area contributed by atoms with E-state index in [2.05, 4.69) is 16.0 Å². The van der Waals surface area contributed by atoms with Gasteiger partial charge in [0.1, 0.15) is 17.9 Å². The lowest BCUT2D eigenvalue weighted by Crippen LogP contribution is -2.39. The number of amides is 3. The summed E-state index contributed by atoms with van der Waals surface area (Å²) in [6.45, 7) is 5.12. The number of carbonyl (C=O) groups is 3. The number of methoxy groups -OCH3 is 1. The number of rotatable bonds is 7. The molecule has 0 aliphatic carbocycles. The Balaban J connectivity index is 1.98. The summed E-state index contributed by atoms with van der Waals surface area (Å²) in [5.41, 5.74) is 0.844. The summed E-state index contributed by atoms with van der Waals surface area (Å²) < 4.78 is 10.3. The first-order valence-electron chi connectivity index (χ1n) is 9.55. The van der Waals surface area contributed by atoms with Gasteiger partial charge < -0.3 is 25.4 Å². The van der Waals surface area contributed by atoms with Crippen molar-refractivity contribution < 1.29 is 23.9 Å². The van der Waals surface area contributed by atoms with Gasteiger partial charge in [0.15, 0.2) is 0 Å². The molecule has 0 bridgehead atoms. The molecule has 0 aromatic heterocycles. The molecule has 166 valence electrons. The lowest BCUT2D eigenvalue weighted by molar-refractivity contribution is -0.120. The Kier molecular flexibility index (Phi) is 8.27. The first kappa shape index (κ1) is 24.0. The molecule has 2 aromatic carbocycles. The first-order chi connectivity index (χ1) is 14.6. The zero-order chi connectivity index (χ0) is 23.0. The van der Waals surface area contributed by atoms with Crippen LogP contribution < -0.4 is 20.7 Å². The highest BCUT2D eigenvalue weighted by Crippen LogP contribution is 2.24. The van der Waals surface area contributed by atoms with Gasteiger partial charge in [-0.2, -0.15) is 0 Å². The van der Waals surface area contributed by atoms with Crippen LogP contribution in [0.1, 0.15) is 36.7 Å². The summed E-state index contributed by atoms with van der Waals surface area (Å²) in [7, 11) is 1.47. The van der Waals surface area contributed by atoms with E-state index in [4.69, 9.17) is 21.1 Å². The number of carbonyl (C=O) groups excluding carboxylic acids is 3. The topological polar surface area (TPSA) is 106 Å². The molecule has 0 atom stereocenters. The van der Waals surface area contributed by atoms with Gasteiger partial charge in [-0.15, -0.1) is 0 Å². The van der Waals surface area contributed by atoms with E-state index >= 15 is 0 Å². The van der Waals surface area contributed by atoms with E-state index < -0.39 is 23.5 Å². The fourth-order valence-corrected chi connectivity index (χ4v) is 2.74. The van der Waals surface area contributed by atoms with Gasteiger partial charge in [0.05, 0.1) is 12.7 Å². The highest BCUT2D eigenvalue weighted by molar-refractivity contribution is 6.31. The van der Waals surface area contributed by atoms with Crippen LogP contribution in [-0.2, 0) is 16.1 Å². The quantitative estimate of drug-likeness (QED) is 0.599. The van der Waals surface area contributed by atoms with Crippen LogP contribution >= 0.6 is 11.6 Å². The number of ether oxygens (including phenoxy) is 2. The van der Waals surface area contributed by atoms with Gasteiger partial charge >= 0.3 is 6.09 Å². The monoisotopic (exact) mass is 447 g/mol. The molecule has 0 saturated heterocycles. The molecule has 0 aliphatic rings. The minimum absolute atomic E-state index is 0.151. The summed E-state index contributed by atoms with van der Waals surface area (Å²) in [5, 5.41) is 8.30. The van der Waals surface area contributed by atoms with Crippen molar-refractivity contribution in [3.05, 3.63) is 58.6 Å². The zero-order valence-corrected chi connectivity index (χ0v) is 18.6. The molecule has 3 N–H and O–H groups in total. The molecular weight excluding hydrogens is 422 g/mol. The molecule has 31 heavy (non-hydrogen) atoms. The standard InChI is InChI=1S/C22H26ClN3O5/c1-22(2,3)31-21(29)25-13-19(27)24-12-14-7-5-6-8-17(14)26-20(28)16-11-15(23)9-10-18(16)30-4/h5-11H,12-13H2,1-4H3,(H,24,27)(H,25,29)(H,26,28). The molecule has 0 spiro atoms. The average molecular weight is 448 g/mol. The molecular formula is C22H26ClN3O5. The predicted molar refractivity (Wildman–Crippen MR) is 118 cm³/mol. The number of benzene rings is 2. The highest BCUT2D eigenvalue weighted by Gasteiger charge is 2.17. The maximum Gasteiger partial charge on any atom is 0.408 e. The van der Waals surface area contributed by atoms with E-state index in [1.54, 1.807) is 57.2 Å². The smallest absolute Gasteiger partial charge is 0.408 e. The van der Waals surface area contributed by atoms with Crippen molar-refractivity contribution in [3.8, 4) is 5.75 Å². The molecule has 2 rings (SSSR count). The van der Waals surface area contributed by atoms with Crippen LogP contribution in [0.3, 0.4) is 0 Å². The van der Waals surface area contributed by atoms with Gasteiger partial charge in [0.25, 0.3) is 5.91 Å². The molecule has 0 fully saturated rings. The van der Waals surface area contributed by atoms with Gasteiger partial charge in [-0.25, -0.2) is 4.79 Å². The van der Waals surface area contributed by atoms with Crippen molar-refractivity contribution in [2.45, 2.75) is 32.9 Å². The van der Waals surface area contributed by atoms with Crippen LogP contribution in [0.4, 0.5) is 10.5 Å².